The number of fused-ring (bicyclic) bond motifs is 4. The molecular weight excluding hydrogens is 278 g/mol. The van der Waals surface area contributed by atoms with Crippen LogP contribution < -0.4 is 10.1 Å². The van der Waals surface area contributed by atoms with Crippen LogP contribution in [0.2, 0.25) is 0 Å². The molecule has 1 N–H and O–H groups in total. The quantitative estimate of drug-likeness (QED) is 0.687. The number of hydrogen-bond acceptors (Lipinski definition) is 4. The molecule has 1 aromatic carbocycles. The first-order chi connectivity index (χ1) is 10.5. The van der Waals surface area contributed by atoms with Crippen molar-refractivity contribution in [1.29, 1.82) is 0 Å². The van der Waals surface area contributed by atoms with Crippen molar-refractivity contribution in [2.24, 2.45) is 0 Å². The second kappa shape index (κ2) is 5.52. The van der Waals surface area contributed by atoms with Crippen molar-refractivity contribution < 1.29 is 14.3 Å². The highest BCUT2D eigenvalue weighted by Gasteiger charge is 2.45. The summed E-state index contributed by atoms with van der Waals surface area (Å²) < 4.78 is 11.4. The van der Waals surface area contributed by atoms with E-state index in [2.05, 4.69) is 5.32 Å². The number of allylic oxidation sites excluding steroid dienone is 2. The van der Waals surface area contributed by atoms with E-state index < -0.39 is 5.72 Å². The second-order valence-corrected chi connectivity index (χ2v) is 5.96. The first kappa shape index (κ1) is 14.7. The second-order valence-electron chi connectivity index (χ2n) is 5.96. The Morgan fingerprint density at radius 3 is 3.05 bits per heavy atom. The van der Waals surface area contributed by atoms with Crippen LogP contribution in [0.4, 0.5) is 0 Å². The Bertz CT molecular complexity index is 662. The minimum atomic E-state index is -0.476. The van der Waals surface area contributed by atoms with Gasteiger partial charge in [-0.2, -0.15) is 0 Å². The molecule has 0 spiro atoms. The molecule has 2 aliphatic heterocycles. The lowest BCUT2D eigenvalue weighted by molar-refractivity contribution is -0.138. The highest BCUT2D eigenvalue weighted by atomic mass is 16.5. The molecule has 0 aliphatic carbocycles. The summed E-state index contributed by atoms with van der Waals surface area (Å²) in [7, 11) is 0. The van der Waals surface area contributed by atoms with Crippen LogP contribution in [0.5, 0.6) is 5.75 Å². The number of carbonyl (C=O) groups is 1. The van der Waals surface area contributed by atoms with Crippen LogP contribution in [0.3, 0.4) is 0 Å². The van der Waals surface area contributed by atoms with Crippen LogP contribution >= 0.6 is 0 Å². The van der Waals surface area contributed by atoms with E-state index in [9.17, 15) is 4.79 Å². The summed E-state index contributed by atoms with van der Waals surface area (Å²) in [6.45, 7) is 6.13. The third-order valence-electron chi connectivity index (χ3n) is 4.19. The zero-order chi connectivity index (χ0) is 15.7. The van der Waals surface area contributed by atoms with Gasteiger partial charge in [-0.05, 0) is 26.8 Å². The molecule has 0 saturated carbocycles. The molecule has 2 heterocycles. The Kier molecular flexibility index (Phi) is 3.69. The summed E-state index contributed by atoms with van der Waals surface area (Å²) in [5.41, 5.74) is 2.12. The maximum Gasteiger partial charge on any atom is 0.336 e. The number of nitrogens with one attached hydrogen (secondary N) is 1. The number of carbonyl (C=O) groups excluding carboxylic acids is 1. The maximum atomic E-state index is 12.5. The first-order valence-corrected chi connectivity index (χ1v) is 7.59. The van der Waals surface area contributed by atoms with Crippen molar-refractivity contribution in [3.05, 3.63) is 53.3 Å². The van der Waals surface area contributed by atoms with Gasteiger partial charge in [-0.3, -0.25) is 0 Å². The van der Waals surface area contributed by atoms with E-state index in [0.717, 1.165) is 23.4 Å². The smallest absolute Gasteiger partial charge is 0.336 e. The van der Waals surface area contributed by atoms with Crippen molar-refractivity contribution in [1.82, 2.24) is 5.32 Å². The minimum Gasteiger partial charge on any atom is -0.468 e. The Hall–Kier alpha value is -2.23. The van der Waals surface area contributed by atoms with Crippen LogP contribution in [0.15, 0.2) is 47.7 Å². The third-order valence-corrected chi connectivity index (χ3v) is 4.19. The van der Waals surface area contributed by atoms with Crippen molar-refractivity contribution in [2.45, 2.75) is 38.8 Å². The molecule has 1 aromatic rings. The molecule has 2 bridgehead atoms. The van der Waals surface area contributed by atoms with E-state index in [0.29, 0.717) is 12.2 Å². The molecule has 22 heavy (non-hydrogen) atoms. The van der Waals surface area contributed by atoms with Gasteiger partial charge in [-0.25, -0.2) is 4.79 Å². The van der Waals surface area contributed by atoms with E-state index in [1.165, 1.54) is 0 Å². The molecule has 3 rings (SSSR count). The molecule has 2 unspecified atom stereocenters. The third kappa shape index (κ3) is 2.49. The molecule has 0 amide bonds. The molecule has 2 aliphatic rings. The summed E-state index contributed by atoms with van der Waals surface area (Å²) in [5.74, 6) is 0.584. The SMILES string of the molecule is CC=CCOC(=O)C1=C(C)NC2(C)CC1c1ccccc1O2. The standard InChI is InChI=1S/C18H21NO3/c1-4-5-10-21-17(20)16-12(2)19-18(3)11-14(16)13-8-6-7-9-15(13)22-18/h4-9,14,19H,10-11H2,1-3H3. The summed E-state index contributed by atoms with van der Waals surface area (Å²) in [6.07, 6.45) is 4.41. The van der Waals surface area contributed by atoms with E-state index in [4.69, 9.17) is 9.47 Å². The zero-order valence-electron chi connectivity index (χ0n) is 13.2. The zero-order valence-corrected chi connectivity index (χ0v) is 13.2. The molecule has 2 atom stereocenters. The van der Waals surface area contributed by atoms with Crippen LogP contribution in [-0.2, 0) is 9.53 Å². The lowest BCUT2D eigenvalue weighted by Crippen LogP contribution is -2.54. The Labute approximate surface area is 130 Å². The predicted octanol–water partition coefficient (Wildman–Crippen LogP) is 3.27. The molecule has 4 heteroatoms. The van der Waals surface area contributed by atoms with Gasteiger partial charge < -0.3 is 14.8 Å². The van der Waals surface area contributed by atoms with Gasteiger partial charge in [-0.15, -0.1) is 0 Å². The van der Waals surface area contributed by atoms with Gasteiger partial charge in [0.2, 0.25) is 0 Å². The molecule has 0 aromatic heterocycles. The number of hydrogen-bond donors (Lipinski definition) is 1. The average Bonchev–Trinajstić information content (AvgIpc) is 2.46. The number of ether oxygens (including phenoxy) is 2. The Balaban J connectivity index is 1.98. The highest BCUT2D eigenvalue weighted by Crippen LogP contribution is 2.47. The summed E-state index contributed by atoms with van der Waals surface area (Å²) in [5, 5.41) is 3.32. The van der Waals surface area contributed by atoms with Gasteiger partial charge in [-0.1, -0.05) is 30.4 Å². The highest BCUT2D eigenvalue weighted by molar-refractivity contribution is 5.91. The van der Waals surface area contributed by atoms with Crippen molar-refractivity contribution in [2.75, 3.05) is 6.61 Å². The molecule has 0 saturated heterocycles. The van der Waals surface area contributed by atoms with Crippen molar-refractivity contribution in [3.63, 3.8) is 0 Å². The average molecular weight is 299 g/mol. The Morgan fingerprint density at radius 2 is 2.27 bits per heavy atom. The van der Waals surface area contributed by atoms with E-state index in [1.54, 1.807) is 0 Å². The maximum absolute atomic E-state index is 12.5. The topological polar surface area (TPSA) is 47.6 Å². The number of esters is 1. The number of benzene rings is 1. The fourth-order valence-electron chi connectivity index (χ4n) is 3.30. The van der Waals surface area contributed by atoms with Gasteiger partial charge in [0.05, 0.1) is 5.57 Å². The summed E-state index contributed by atoms with van der Waals surface area (Å²) in [6, 6.07) is 7.90. The number of para-hydroxylation sites is 1. The van der Waals surface area contributed by atoms with E-state index in [-0.39, 0.29) is 11.9 Å². The van der Waals surface area contributed by atoms with Crippen LogP contribution in [0.1, 0.15) is 38.7 Å². The van der Waals surface area contributed by atoms with Crippen LogP contribution in [-0.4, -0.2) is 18.3 Å². The first-order valence-electron chi connectivity index (χ1n) is 7.59. The van der Waals surface area contributed by atoms with Crippen LogP contribution in [0.25, 0.3) is 0 Å². The predicted molar refractivity (Wildman–Crippen MR) is 84.4 cm³/mol. The van der Waals surface area contributed by atoms with Gasteiger partial charge in [0.1, 0.15) is 12.4 Å². The molecule has 0 radical (unpaired) electrons. The van der Waals surface area contributed by atoms with Gasteiger partial charge in [0.15, 0.2) is 5.72 Å². The number of rotatable bonds is 3. The fourth-order valence-corrected chi connectivity index (χ4v) is 3.30. The van der Waals surface area contributed by atoms with E-state index >= 15 is 0 Å². The largest absolute Gasteiger partial charge is 0.468 e. The van der Waals surface area contributed by atoms with Gasteiger partial charge >= 0.3 is 5.97 Å². The van der Waals surface area contributed by atoms with Crippen molar-refractivity contribution >= 4 is 5.97 Å². The Morgan fingerprint density at radius 1 is 1.50 bits per heavy atom. The van der Waals surface area contributed by atoms with E-state index in [1.807, 2.05) is 57.2 Å². The molecular formula is C18H21NO3. The molecule has 0 fully saturated rings. The lowest BCUT2D eigenvalue weighted by Gasteiger charge is -2.45. The van der Waals surface area contributed by atoms with Crippen LogP contribution in [0, 0.1) is 0 Å². The lowest BCUT2D eigenvalue weighted by atomic mass is 9.78. The monoisotopic (exact) mass is 299 g/mol. The fraction of sp³-hybridized carbons (Fsp3) is 0.389. The molecule has 4 nitrogen and oxygen atoms in total. The van der Waals surface area contributed by atoms with Gasteiger partial charge in [0.25, 0.3) is 0 Å². The normalized spacial score (nSPS) is 26.2. The summed E-state index contributed by atoms with van der Waals surface area (Å²) in [4.78, 5) is 12.5. The molecule has 116 valence electrons. The van der Waals surface area contributed by atoms with Crippen molar-refractivity contribution in [3.8, 4) is 5.75 Å². The minimum absolute atomic E-state index is 0.00862. The summed E-state index contributed by atoms with van der Waals surface area (Å²) >= 11 is 0. The van der Waals surface area contributed by atoms with Gasteiger partial charge in [0, 0.05) is 23.6 Å².